The van der Waals surface area contributed by atoms with Gasteiger partial charge in [-0.1, -0.05) is 35.0 Å². The van der Waals surface area contributed by atoms with Crippen LogP contribution in [0, 0.1) is 0 Å². The lowest BCUT2D eigenvalue weighted by Gasteiger charge is -2.12. The van der Waals surface area contributed by atoms with E-state index >= 15 is 0 Å². The monoisotopic (exact) mass is 492 g/mol. The second-order valence-corrected chi connectivity index (χ2v) is 8.17. The highest BCUT2D eigenvalue weighted by Gasteiger charge is 2.32. The van der Waals surface area contributed by atoms with Crippen molar-refractivity contribution in [3.63, 3.8) is 0 Å². The minimum absolute atomic E-state index is 0.0588. The first-order valence-electron chi connectivity index (χ1n) is 8.85. The van der Waals surface area contributed by atoms with Crippen molar-refractivity contribution in [1.82, 2.24) is 14.6 Å². The third kappa shape index (κ3) is 4.78. The lowest BCUT2D eigenvalue weighted by Crippen LogP contribution is -2.15. The van der Waals surface area contributed by atoms with Crippen LogP contribution >= 0.6 is 35.0 Å². The van der Waals surface area contributed by atoms with Crippen LogP contribution in [0.4, 0.5) is 18.9 Å². The SMILES string of the molecule is O=C(CSc1nnc2c(Cl)cc(C(F)(F)F)cn12)Nc1cc2c(cc1Cl)OCCCO2. The van der Waals surface area contributed by atoms with Crippen molar-refractivity contribution in [2.24, 2.45) is 0 Å². The number of alkyl halides is 3. The van der Waals surface area contributed by atoms with Crippen molar-refractivity contribution in [3.8, 4) is 11.5 Å². The van der Waals surface area contributed by atoms with Crippen LogP contribution in [0.1, 0.15) is 12.0 Å². The topological polar surface area (TPSA) is 77.8 Å². The third-order valence-corrected chi connectivity index (χ3v) is 5.73. The third-order valence-electron chi connectivity index (χ3n) is 4.20. The molecule has 0 unspecified atom stereocenters. The van der Waals surface area contributed by atoms with Crippen LogP contribution < -0.4 is 14.8 Å². The van der Waals surface area contributed by atoms with E-state index in [9.17, 15) is 18.0 Å². The van der Waals surface area contributed by atoms with Gasteiger partial charge in [0.2, 0.25) is 5.91 Å². The van der Waals surface area contributed by atoms with Crippen LogP contribution in [0.2, 0.25) is 10.0 Å². The van der Waals surface area contributed by atoms with E-state index in [1.165, 1.54) is 0 Å². The van der Waals surface area contributed by atoms with Crippen LogP contribution in [0.3, 0.4) is 0 Å². The number of amides is 1. The van der Waals surface area contributed by atoms with E-state index in [0.29, 0.717) is 30.4 Å². The average molecular weight is 493 g/mol. The van der Waals surface area contributed by atoms with E-state index in [0.717, 1.165) is 34.8 Å². The molecule has 31 heavy (non-hydrogen) atoms. The van der Waals surface area contributed by atoms with Crippen molar-refractivity contribution in [1.29, 1.82) is 0 Å². The second-order valence-electron chi connectivity index (χ2n) is 6.42. The summed E-state index contributed by atoms with van der Waals surface area (Å²) in [4.78, 5) is 12.4. The van der Waals surface area contributed by atoms with Crippen molar-refractivity contribution >= 4 is 52.2 Å². The highest BCUT2D eigenvalue weighted by Crippen LogP contribution is 2.38. The Morgan fingerprint density at radius 3 is 2.55 bits per heavy atom. The number of nitrogens with zero attached hydrogens (tertiary/aromatic N) is 3. The molecular formula is C18H13Cl2F3N4O3S. The maximum absolute atomic E-state index is 13.1. The van der Waals surface area contributed by atoms with Gasteiger partial charge in [0.1, 0.15) is 0 Å². The van der Waals surface area contributed by atoms with E-state index in [1.54, 1.807) is 12.1 Å². The summed E-state index contributed by atoms with van der Waals surface area (Å²) in [6.45, 7) is 0.971. The molecule has 164 valence electrons. The summed E-state index contributed by atoms with van der Waals surface area (Å²) in [7, 11) is 0. The van der Waals surface area contributed by atoms with Crippen LogP contribution in [0.25, 0.3) is 5.65 Å². The van der Waals surface area contributed by atoms with E-state index in [1.807, 2.05) is 0 Å². The molecule has 2 aromatic heterocycles. The molecule has 1 aliphatic rings. The molecular weight excluding hydrogens is 480 g/mol. The number of anilines is 1. The molecule has 1 amide bonds. The molecule has 3 aromatic rings. The normalized spacial score (nSPS) is 13.8. The van der Waals surface area contributed by atoms with Gasteiger partial charge >= 0.3 is 6.18 Å². The molecule has 3 heterocycles. The predicted molar refractivity (Wildman–Crippen MR) is 109 cm³/mol. The van der Waals surface area contributed by atoms with Gasteiger partial charge in [-0.25, -0.2) is 0 Å². The maximum Gasteiger partial charge on any atom is 0.417 e. The Balaban J connectivity index is 1.49. The summed E-state index contributed by atoms with van der Waals surface area (Å²) in [5.41, 5.74) is -0.566. The summed E-state index contributed by atoms with van der Waals surface area (Å²) in [6.07, 6.45) is -3.03. The number of carbonyl (C=O) groups is 1. The molecule has 4 rings (SSSR count). The second kappa shape index (κ2) is 8.64. The zero-order chi connectivity index (χ0) is 22.2. The molecule has 13 heteroatoms. The smallest absolute Gasteiger partial charge is 0.417 e. The lowest BCUT2D eigenvalue weighted by atomic mass is 10.2. The fraction of sp³-hybridized carbons (Fsp3) is 0.278. The fourth-order valence-corrected chi connectivity index (χ4v) is 3.94. The standard InChI is InChI=1S/C18H13Cl2F3N4O3S/c19-10-5-13-14(30-3-1-2-29-13)6-12(10)24-15(28)8-31-17-26-25-16-11(20)4-9(7-27(16)17)18(21,22)23/h4-7H,1-3,8H2,(H,24,28). The van der Waals surface area contributed by atoms with Crippen molar-refractivity contribution in [3.05, 3.63) is 40.0 Å². The Morgan fingerprint density at radius 1 is 1.13 bits per heavy atom. The number of benzene rings is 1. The maximum atomic E-state index is 13.1. The number of hydrogen-bond acceptors (Lipinski definition) is 6. The minimum atomic E-state index is -4.59. The quantitative estimate of drug-likeness (QED) is 0.519. The largest absolute Gasteiger partial charge is 0.490 e. The van der Waals surface area contributed by atoms with Crippen molar-refractivity contribution in [2.45, 2.75) is 17.8 Å². The molecule has 1 aromatic carbocycles. The molecule has 1 N–H and O–H groups in total. The Bertz CT molecular complexity index is 1160. The minimum Gasteiger partial charge on any atom is -0.490 e. The Hall–Kier alpha value is -2.37. The molecule has 0 bridgehead atoms. The van der Waals surface area contributed by atoms with Gasteiger partial charge in [0.05, 0.1) is 40.3 Å². The van der Waals surface area contributed by atoms with E-state index in [-0.39, 0.29) is 26.6 Å². The molecule has 0 saturated carbocycles. The van der Waals surface area contributed by atoms with Gasteiger partial charge in [0, 0.05) is 24.8 Å². The van der Waals surface area contributed by atoms with Gasteiger partial charge in [0.15, 0.2) is 22.3 Å². The van der Waals surface area contributed by atoms with Gasteiger partial charge in [-0.2, -0.15) is 13.2 Å². The van der Waals surface area contributed by atoms with Crippen LogP contribution in [0.5, 0.6) is 11.5 Å². The molecule has 0 atom stereocenters. The molecule has 0 saturated heterocycles. The highest BCUT2D eigenvalue weighted by molar-refractivity contribution is 7.99. The summed E-state index contributed by atoms with van der Waals surface area (Å²) >= 11 is 13.0. The average Bonchev–Trinajstić information content (AvgIpc) is 2.98. The lowest BCUT2D eigenvalue weighted by molar-refractivity contribution is -0.137. The molecule has 0 aliphatic carbocycles. The van der Waals surface area contributed by atoms with Crippen molar-refractivity contribution < 1.29 is 27.4 Å². The number of nitrogens with one attached hydrogen (secondary N) is 1. The molecule has 0 spiro atoms. The molecule has 0 fully saturated rings. The van der Waals surface area contributed by atoms with Gasteiger partial charge in [-0.15, -0.1) is 10.2 Å². The number of pyridine rings is 1. The zero-order valence-electron chi connectivity index (χ0n) is 15.5. The van der Waals surface area contributed by atoms with Gasteiger partial charge in [-0.05, 0) is 6.07 Å². The molecule has 0 radical (unpaired) electrons. The Labute approximate surface area is 187 Å². The van der Waals surface area contributed by atoms with Crippen LogP contribution in [-0.2, 0) is 11.0 Å². The number of aromatic nitrogens is 3. The summed E-state index contributed by atoms with van der Waals surface area (Å²) in [5, 5.41) is 10.4. The summed E-state index contributed by atoms with van der Waals surface area (Å²) in [6, 6.07) is 3.89. The Morgan fingerprint density at radius 2 is 1.84 bits per heavy atom. The first kappa shape index (κ1) is 21.8. The number of ether oxygens (including phenoxy) is 2. The van der Waals surface area contributed by atoms with Crippen LogP contribution in [0.15, 0.2) is 29.6 Å². The Kier molecular flexibility index (Phi) is 6.09. The van der Waals surface area contributed by atoms with E-state index in [2.05, 4.69) is 15.5 Å². The summed E-state index contributed by atoms with van der Waals surface area (Å²) in [5.74, 6) is 0.348. The number of halogens is 5. The van der Waals surface area contributed by atoms with Gasteiger partial charge in [0.25, 0.3) is 0 Å². The number of carbonyl (C=O) groups excluding carboxylic acids is 1. The molecule has 7 nitrogen and oxygen atoms in total. The highest BCUT2D eigenvalue weighted by atomic mass is 35.5. The van der Waals surface area contributed by atoms with Gasteiger partial charge < -0.3 is 14.8 Å². The predicted octanol–water partition coefficient (Wildman–Crippen LogP) is 4.95. The first-order chi connectivity index (χ1) is 14.7. The number of rotatable bonds is 4. The summed E-state index contributed by atoms with van der Waals surface area (Å²) < 4.78 is 51.4. The van der Waals surface area contributed by atoms with Gasteiger partial charge in [-0.3, -0.25) is 9.20 Å². The van der Waals surface area contributed by atoms with E-state index < -0.39 is 17.6 Å². The zero-order valence-corrected chi connectivity index (χ0v) is 17.8. The first-order valence-corrected chi connectivity index (χ1v) is 10.6. The van der Waals surface area contributed by atoms with E-state index in [4.69, 9.17) is 32.7 Å². The van der Waals surface area contributed by atoms with Crippen molar-refractivity contribution in [2.75, 3.05) is 24.3 Å². The number of hydrogen-bond donors (Lipinski definition) is 1. The number of thioether (sulfide) groups is 1. The van der Waals surface area contributed by atoms with Crippen LogP contribution in [-0.4, -0.2) is 39.5 Å². The number of fused-ring (bicyclic) bond motifs is 2. The fourth-order valence-electron chi connectivity index (χ4n) is 2.78. The molecule has 1 aliphatic heterocycles.